The van der Waals surface area contributed by atoms with Crippen LogP contribution in [-0.2, 0) is 4.74 Å². The van der Waals surface area contributed by atoms with E-state index in [1.807, 2.05) is 32.9 Å². The Morgan fingerprint density at radius 2 is 1.68 bits per heavy atom. The molecule has 2 aliphatic heterocycles. The van der Waals surface area contributed by atoms with Crippen LogP contribution in [0.2, 0.25) is 0 Å². The summed E-state index contributed by atoms with van der Waals surface area (Å²) >= 11 is 0. The van der Waals surface area contributed by atoms with Gasteiger partial charge in [-0.25, -0.2) is 4.79 Å². The first-order chi connectivity index (χ1) is 14.8. The fraction of sp³-hybridized carbons (Fsp3) is 0.346. The van der Waals surface area contributed by atoms with Crippen LogP contribution in [0.1, 0.15) is 45.8 Å². The summed E-state index contributed by atoms with van der Waals surface area (Å²) in [5.41, 5.74) is 5.48. The summed E-state index contributed by atoms with van der Waals surface area (Å²) < 4.78 is 5.53. The van der Waals surface area contributed by atoms with Gasteiger partial charge in [-0.05, 0) is 57.4 Å². The van der Waals surface area contributed by atoms with E-state index in [1.165, 1.54) is 16.8 Å². The molecule has 2 aromatic carbocycles. The lowest BCUT2D eigenvalue weighted by atomic mass is 10.0. The molecular formula is C26H31N3O2. The zero-order valence-corrected chi connectivity index (χ0v) is 18.8. The molecule has 0 saturated heterocycles. The Hall–Kier alpha value is -3.21. The van der Waals surface area contributed by atoms with Gasteiger partial charge in [0, 0.05) is 24.5 Å². The van der Waals surface area contributed by atoms with Gasteiger partial charge in [0.05, 0.1) is 5.70 Å². The molecule has 0 radical (unpaired) electrons. The minimum Gasteiger partial charge on any atom is -0.444 e. The monoisotopic (exact) mass is 417 g/mol. The van der Waals surface area contributed by atoms with Crippen molar-refractivity contribution in [3.8, 4) is 0 Å². The van der Waals surface area contributed by atoms with Crippen molar-refractivity contribution in [3.05, 3.63) is 89.3 Å². The highest BCUT2D eigenvalue weighted by Gasteiger charge is 2.33. The average Bonchev–Trinajstić information content (AvgIpc) is 3.11. The van der Waals surface area contributed by atoms with Crippen LogP contribution in [-0.4, -0.2) is 29.7 Å². The Morgan fingerprint density at radius 1 is 1.03 bits per heavy atom. The molecule has 1 atom stereocenters. The van der Waals surface area contributed by atoms with Crippen LogP contribution in [0.4, 0.5) is 10.5 Å². The number of anilines is 1. The molecule has 0 fully saturated rings. The van der Waals surface area contributed by atoms with Crippen molar-refractivity contribution in [1.29, 1.82) is 0 Å². The van der Waals surface area contributed by atoms with Gasteiger partial charge in [-0.1, -0.05) is 54.6 Å². The Bertz CT molecular complexity index is 990. The van der Waals surface area contributed by atoms with Gasteiger partial charge >= 0.3 is 6.09 Å². The van der Waals surface area contributed by atoms with Crippen molar-refractivity contribution in [3.63, 3.8) is 0 Å². The third-order valence-electron chi connectivity index (χ3n) is 5.59. The van der Waals surface area contributed by atoms with Crippen LogP contribution in [0.25, 0.3) is 0 Å². The van der Waals surface area contributed by atoms with Gasteiger partial charge in [0.25, 0.3) is 0 Å². The van der Waals surface area contributed by atoms with E-state index in [1.54, 1.807) is 4.90 Å². The van der Waals surface area contributed by atoms with Crippen molar-refractivity contribution in [1.82, 2.24) is 10.2 Å². The molecule has 0 bridgehead atoms. The molecule has 0 aliphatic carbocycles. The van der Waals surface area contributed by atoms with Gasteiger partial charge in [-0.15, -0.1) is 0 Å². The highest BCUT2D eigenvalue weighted by atomic mass is 16.6. The standard InChI is InChI=1S/C26H31N3O2/c1-19-23(20-15-17-28(18-16-20)25(30)31-26(2,3)4)27-24(21-11-7-5-8-12-21)29(19)22-13-9-6-10-14-22/h5-15,24,27H,16-18H2,1-4H3. The predicted molar refractivity (Wildman–Crippen MR) is 124 cm³/mol. The van der Waals surface area contributed by atoms with Crippen LogP contribution in [0.5, 0.6) is 0 Å². The van der Waals surface area contributed by atoms with Crippen LogP contribution >= 0.6 is 0 Å². The van der Waals surface area contributed by atoms with Crippen molar-refractivity contribution >= 4 is 11.8 Å². The number of allylic oxidation sites excluding steroid dienone is 2. The third kappa shape index (κ3) is 4.61. The minimum atomic E-state index is -0.480. The summed E-state index contributed by atoms with van der Waals surface area (Å²) in [7, 11) is 0. The number of carbonyl (C=O) groups excluding carboxylic acids is 1. The summed E-state index contributed by atoms with van der Waals surface area (Å²) in [6.45, 7) is 9.07. The number of rotatable bonds is 3. The molecule has 5 heteroatoms. The number of hydrogen-bond acceptors (Lipinski definition) is 4. The number of ether oxygens (including phenoxy) is 1. The maximum absolute atomic E-state index is 12.4. The van der Waals surface area contributed by atoms with E-state index < -0.39 is 5.60 Å². The third-order valence-corrected chi connectivity index (χ3v) is 5.59. The van der Waals surface area contributed by atoms with E-state index in [0.29, 0.717) is 13.1 Å². The topological polar surface area (TPSA) is 44.8 Å². The van der Waals surface area contributed by atoms with Crippen molar-refractivity contribution < 1.29 is 9.53 Å². The van der Waals surface area contributed by atoms with Crippen LogP contribution < -0.4 is 10.2 Å². The van der Waals surface area contributed by atoms with E-state index in [0.717, 1.165) is 17.8 Å². The lowest BCUT2D eigenvalue weighted by Gasteiger charge is -2.30. The zero-order valence-electron chi connectivity index (χ0n) is 18.8. The van der Waals surface area contributed by atoms with Gasteiger partial charge in [0.1, 0.15) is 11.8 Å². The SMILES string of the molecule is CC1=C(C2=CCN(C(=O)OC(C)(C)C)CC2)NC(c2ccccc2)N1c1ccccc1. The van der Waals surface area contributed by atoms with Crippen LogP contribution in [0.15, 0.2) is 83.7 Å². The molecule has 1 unspecified atom stereocenters. The van der Waals surface area contributed by atoms with Gasteiger partial charge in [0.15, 0.2) is 0 Å². The Morgan fingerprint density at radius 3 is 2.26 bits per heavy atom. The number of para-hydroxylation sites is 1. The number of nitrogens with one attached hydrogen (secondary N) is 1. The Labute approximate surface area is 185 Å². The van der Waals surface area contributed by atoms with Crippen molar-refractivity contribution in [2.45, 2.75) is 45.9 Å². The second-order valence-corrected chi connectivity index (χ2v) is 9.03. The minimum absolute atomic E-state index is 0.0309. The van der Waals surface area contributed by atoms with E-state index in [4.69, 9.17) is 4.74 Å². The number of carbonyl (C=O) groups is 1. The highest BCUT2D eigenvalue weighted by molar-refractivity contribution is 5.69. The van der Waals surface area contributed by atoms with Crippen molar-refractivity contribution in [2.24, 2.45) is 0 Å². The van der Waals surface area contributed by atoms with E-state index in [2.05, 4.69) is 71.7 Å². The Balaban J connectivity index is 1.60. The molecule has 2 aromatic rings. The Kier molecular flexibility index (Phi) is 5.77. The molecule has 4 rings (SSSR count). The summed E-state index contributed by atoms with van der Waals surface area (Å²) in [4.78, 5) is 16.5. The maximum Gasteiger partial charge on any atom is 0.410 e. The molecule has 1 amide bonds. The lowest BCUT2D eigenvalue weighted by Crippen LogP contribution is -2.39. The molecule has 1 N–H and O–H groups in total. The van der Waals surface area contributed by atoms with Gasteiger partial charge in [-0.2, -0.15) is 0 Å². The van der Waals surface area contributed by atoms with Gasteiger partial charge in [-0.3, -0.25) is 0 Å². The van der Waals surface area contributed by atoms with Crippen molar-refractivity contribution in [2.75, 3.05) is 18.0 Å². The predicted octanol–water partition coefficient (Wildman–Crippen LogP) is 5.59. The van der Waals surface area contributed by atoms with E-state index in [-0.39, 0.29) is 12.3 Å². The highest BCUT2D eigenvalue weighted by Crippen LogP contribution is 2.38. The second-order valence-electron chi connectivity index (χ2n) is 9.03. The van der Waals surface area contributed by atoms with Crippen LogP contribution in [0, 0.1) is 0 Å². The molecule has 0 saturated carbocycles. The first kappa shape index (κ1) is 21.0. The van der Waals surface area contributed by atoms with E-state index in [9.17, 15) is 4.79 Å². The number of benzene rings is 2. The average molecular weight is 418 g/mol. The summed E-state index contributed by atoms with van der Waals surface area (Å²) in [5, 5.41) is 3.76. The molecule has 0 aromatic heterocycles. The number of hydrogen-bond donors (Lipinski definition) is 1. The number of nitrogens with zero attached hydrogens (tertiary/aromatic N) is 2. The smallest absolute Gasteiger partial charge is 0.410 e. The lowest BCUT2D eigenvalue weighted by molar-refractivity contribution is 0.0266. The van der Waals surface area contributed by atoms with Crippen LogP contribution in [0.3, 0.4) is 0 Å². The zero-order chi connectivity index (χ0) is 22.0. The second kappa shape index (κ2) is 8.50. The fourth-order valence-electron chi connectivity index (χ4n) is 4.13. The van der Waals surface area contributed by atoms with E-state index >= 15 is 0 Å². The molecule has 2 aliphatic rings. The summed E-state index contributed by atoms with van der Waals surface area (Å²) in [6, 6.07) is 21.0. The first-order valence-corrected chi connectivity index (χ1v) is 10.9. The molecular weight excluding hydrogens is 386 g/mol. The number of amides is 1. The normalized spacial score (nSPS) is 19.2. The maximum atomic E-state index is 12.4. The quantitative estimate of drug-likeness (QED) is 0.707. The van der Waals surface area contributed by atoms with Gasteiger partial charge < -0.3 is 19.9 Å². The first-order valence-electron chi connectivity index (χ1n) is 10.9. The molecule has 5 nitrogen and oxygen atoms in total. The van der Waals surface area contributed by atoms with Gasteiger partial charge in [0.2, 0.25) is 0 Å². The largest absolute Gasteiger partial charge is 0.444 e. The molecule has 31 heavy (non-hydrogen) atoms. The molecule has 162 valence electrons. The summed E-state index contributed by atoms with van der Waals surface area (Å²) in [6.07, 6.45) is 2.73. The molecule has 0 spiro atoms. The fourth-order valence-corrected chi connectivity index (χ4v) is 4.13. The summed E-state index contributed by atoms with van der Waals surface area (Å²) in [5.74, 6) is 0. The molecule has 2 heterocycles.